The third-order valence-corrected chi connectivity index (χ3v) is 4.10. The second-order valence-electron chi connectivity index (χ2n) is 6.26. The van der Waals surface area contributed by atoms with Crippen molar-refractivity contribution < 1.29 is 4.74 Å². The number of anilines is 1. The zero-order valence-electron chi connectivity index (χ0n) is 15.6. The summed E-state index contributed by atoms with van der Waals surface area (Å²) >= 11 is 0. The van der Waals surface area contributed by atoms with Gasteiger partial charge in [-0.05, 0) is 35.9 Å². The lowest BCUT2D eigenvalue weighted by atomic mass is 10.3. The summed E-state index contributed by atoms with van der Waals surface area (Å²) in [5.74, 6) is 2.61. The van der Waals surface area contributed by atoms with E-state index in [1.807, 2.05) is 77.5 Å². The van der Waals surface area contributed by atoms with Crippen molar-refractivity contribution in [3.05, 3.63) is 97.2 Å². The van der Waals surface area contributed by atoms with E-state index < -0.39 is 0 Å². The first kappa shape index (κ1) is 18.2. The predicted octanol–water partition coefficient (Wildman–Crippen LogP) is 3.99. The fourth-order valence-electron chi connectivity index (χ4n) is 2.68. The summed E-state index contributed by atoms with van der Waals surface area (Å²) < 4.78 is 7.68. The average Bonchev–Trinajstić information content (AvgIpc) is 3.29. The quantitative estimate of drug-likeness (QED) is 0.387. The third kappa shape index (κ3) is 4.98. The summed E-state index contributed by atoms with van der Waals surface area (Å²) in [6, 6.07) is 21.1. The molecule has 0 aliphatic rings. The van der Waals surface area contributed by atoms with Crippen LogP contribution in [0.2, 0.25) is 0 Å². The van der Waals surface area contributed by atoms with Gasteiger partial charge in [0.1, 0.15) is 23.6 Å². The molecule has 0 saturated carbocycles. The van der Waals surface area contributed by atoms with Gasteiger partial charge in [-0.15, -0.1) is 0 Å². The third-order valence-electron chi connectivity index (χ3n) is 4.10. The maximum atomic E-state index is 6.03. The van der Waals surface area contributed by atoms with Crippen molar-refractivity contribution in [3.63, 3.8) is 0 Å². The normalized spacial score (nSPS) is 11.2. The fraction of sp³-hybridized carbons (Fsp3) is 0.0455. The van der Waals surface area contributed by atoms with E-state index in [1.54, 1.807) is 18.7 Å². The van der Waals surface area contributed by atoms with Crippen LogP contribution in [0.4, 0.5) is 5.69 Å². The fourth-order valence-corrected chi connectivity index (χ4v) is 2.68. The number of rotatable bonds is 6. The smallest absolute Gasteiger partial charge is 0.193 e. The SMILES string of the molecule is NC(=NCc1ccc(-n2ccnc2)nc1)Nc1cccc(Oc2ccccc2)c1. The lowest BCUT2D eigenvalue weighted by molar-refractivity contribution is 0.483. The molecule has 0 saturated heterocycles. The van der Waals surface area contributed by atoms with Gasteiger partial charge in [0.2, 0.25) is 0 Å². The van der Waals surface area contributed by atoms with Gasteiger partial charge in [-0.2, -0.15) is 0 Å². The number of nitrogens with one attached hydrogen (secondary N) is 1. The molecule has 0 aliphatic heterocycles. The van der Waals surface area contributed by atoms with Gasteiger partial charge < -0.3 is 15.8 Å². The van der Waals surface area contributed by atoms with E-state index in [0.29, 0.717) is 18.3 Å². The Labute approximate surface area is 168 Å². The summed E-state index contributed by atoms with van der Waals surface area (Å²) in [5, 5.41) is 3.09. The number of hydrogen-bond acceptors (Lipinski definition) is 4. The Hall–Kier alpha value is -4.13. The van der Waals surface area contributed by atoms with E-state index in [1.165, 1.54) is 0 Å². The maximum Gasteiger partial charge on any atom is 0.193 e. The molecule has 4 aromatic rings. The van der Waals surface area contributed by atoms with Crippen molar-refractivity contribution in [3.8, 4) is 17.3 Å². The van der Waals surface area contributed by atoms with Crippen molar-refractivity contribution in [1.82, 2.24) is 14.5 Å². The first-order valence-corrected chi connectivity index (χ1v) is 9.09. The largest absolute Gasteiger partial charge is 0.457 e. The minimum atomic E-state index is 0.320. The highest BCUT2D eigenvalue weighted by atomic mass is 16.5. The van der Waals surface area contributed by atoms with Crippen LogP contribution >= 0.6 is 0 Å². The molecule has 144 valence electrons. The molecule has 0 amide bonds. The van der Waals surface area contributed by atoms with E-state index in [4.69, 9.17) is 10.5 Å². The van der Waals surface area contributed by atoms with Crippen molar-refractivity contribution >= 4 is 11.6 Å². The van der Waals surface area contributed by atoms with Gasteiger partial charge in [-0.3, -0.25) is 4.57 Å². The molecule has 0 atom stereocenters. The van der Waals surface area contributed by atoms with Crippen LogP contribution in [0, 0.1) is 0 Å². The van der Waals surface area contributed by atoms with Crippen LogP contribution in [0.1, 0.15) is 5.56 Å². The molecule has 0 unspecified atom stereocenters. The lowest BCUT2D eigenvalue weighted by Crippen LogP contribution is -2.22. The number of aliphatic imine (C=N–C) groups is 1. The van der Waals surface area contributed by atoms with Crippen LogP contribution in [-0.4, -0.2) is 20.5 Å². The van der Waals surface area contributed by atoms with Gasteiger partial charge in [0.15, 0.2) is 5.96 Å². The Morgan fingerprint density at radius 1 is 1.03 bits per heavy atom. The van der Waals surface area contributed by atoms with Crippen molar-refractivity contribution in [2.75, 3.05) is 5.32 Å². The molecule has 0 bridgehead atoms. The summed E-state index contributed by atoms with van der Waals surface area (Å²) in [4.78, 5) is 12.8. The molecular weight excluding hydrogens is 364 g/mol. The number of hydrogen-bond donors (Lipinski definition) is 2. The Morgan fingerprint density at radius 3 is 2.66 bits per heavy atom. The van der Waals surface area contributed by atoms with Crippen LogP contribution in [0.5, 0.6) is 11.5 Å². The number of guanidine groups is 1. The molecule has 0 radical (unpaired) electrons. The van der Waals surface area contributed by atoms with E-state index in [9.17, 15) is 0 Å². The van der Waals surface area contributed by atoms with Crippen molar-refractivity contribution in [1.29, 1.82) is 0 Å². The number of ether oxygens (including phenoxy) is 1. The molecule has 0 spiro atoms. The summed E-state index contributed by atoms with van der Waals surface area (Å²) in [6.45, 7) is 0.427. The molecular formula is C22H20N6O. The van der Waals surface area contributed by atoms with E-state index in [2.05, 4.69) is 20.3 Å². The highest BCUT2D eigenvalue weighted by Crippen LogP contribution is 2.23. The van der Waals surface area contributed by atoms with Gasteiger partial charge in [-0.1, -0.05) is 30.3 Å². The summed E-state index contributed by atoms with van der Waals surface area (Å²) in [5.41, 5.74) is 7.79. The zero-order valence-corrected chi connectivity index (χ0v) is 15.6. The molecule has 3 N–H and O–H groups in total. The Balaban J connectivity index is 1.37. The second kappa shape index (κ2) is 8.71. The Kier molecular flexibility index (Phi) is 5.48. The van der Waals surface area contributed by atoms with Crippen LogP contribution < -0.4 is 15.8 Å². The number of aromatic nitrogens is 3. The minimum Gasteiger partial charge on any atom is -0.457 e. The van der Waals surface area contributed by atoms with Gasteiger partial charge >= 0.3 is 0 Å². The molecule has 0 fully saturated rings. The minimum absolute atomic E-state index is 0.320. The number of nitrogens with zero attached hydrogens (tertiary/aromatic N) is 4. The number of para-hydroxylation sites is 1. The van der Waals surface area contributed by atoms with Crippen LogP contribution in [0.3, 0.4) is 0 Å². The molecule has 29 heavy (non-hydrogen) atoms. The summed E-state index contributed by atoms with van der Waals surface area (Å²) in [6.07, 6.45) is 7.04. The number of benzene rings is 2. The zero-order chi connectivity index (χ0) is 19.9. The summed E-state index contributed by atoms with van der Waals surface area (Å²) in [7, 11) is 0. The highest BCUT2D eigenvalue weighted by Gasteiger charge is 2.01. The van der Waals surface area contributed by atoms with Crippen molar-refractivity contribution in [2.45, 2.75) is 6.54 Å². The van der Waals surface area contributed by atoms with Crippen LogP contribution in [0.25, 0.3) is 5.82 Å². The van der Waals surface area contributed by atoms with Gasteiger partial charge in [0.05, 0.1) is 6.54 Å². The molecule has 2 heterocycles. The standard InChI is InChI=1S/C22H20N6O/c23-22(26-15-17-9-10-21(25-14-17)28-12-11-24-16-28)27-18-5-4-8-20(13-18)29-19-6-2-1-3-7-19/h1-14,16H,15H2,(H3,23,26,27). The van der Waals surface area contributed by atoms with Crippen LogP contribution in [-0.2, 0) is 6.54 Å². The molecule has 2 aromatic heterocycles. The van der Waals surface area contributed by atoms with Crippen LogP contribution in [0.15, 0.2) is 96.6 Å². The molecule has 7 nitrogen and oxygen atoms in total. The average molecular weight is 384 g/mol. The molecule has 2 aromatic carbocycles. The monoisotopic (exact) mass is 384 g/mol. The second-order valence-corrected chi connectivity index (χ2v) is 6.26. The number of pyridine rings is 1. The predicted molar refractivity (Wildman–Crippen MR) is 113 cm³/mol. The van der Waals surface area contributed by atoms with Gasteiger partial charge in [-0.25, -0.2) is 15.0 Å². The highest BCUT2D eigenvalue weighted by molar-refractivity contribution is 5.92. The van der Waals surface area contributed by atoms with Gasteiger partial charge in [0.25, 0.3) is 0 Å². The first-order chi connectivity index (χ1) is 14.3. The van der Waals surface area contributed by atoms with E-state index >= 15 is 0 Å². The Bertz CT molecular complexity index is 1080. The molecule has 4 rings (SSSR count). The number of nitrogens with two attached hydrogens (primary N) is 1. The first-order valence-electron chi connectivity index (χ1n) is 9.09. The lowest BCUT2D eigenvalue weighted by Gasteiger charge is -2.09. The molecule has 0 aliphatic carbocycles. The number of imidazole rings is 1. The van der Waals surface area contributed by atoms with E-state index in [-0.39, 0.29) is 0 Å². The topological polar surface area (TPSA) is 90.4 Å². The maximum absolute atomic E-state index is 6.03. The molecule has 7 heteroatoms. The van der Waals surface area contributed by atoms with E-state index in [0.717, 1.165) is 22.8 Å². The van der Waals surface area contributed by atoms with Crippen molar-refractivity contribution in [2.24, 2.45) is 10.7 Å². The van der Waals surface area contributed by atoms with Gasteiger partial charge in [0, 0.05) is 30.3 Å². The Morgan fingerprint density at radius 2 is 1.90 bits per heavy atom.